The van der Waals surface area contributed by atoms with E-state index in [1.54, 1.807) is 0 Å². The molecule has 0 heterocycles. The second-order valence-corrected chi connectivity index (χ2v) is 18.5. The molecule has 0 aromatic rings. The van der Waals surface area contributed by atoms with Gasteiger partial charge in [0.15, 0.2) is 0 Å². The van der Waals surface area contributed by atoms with E-state index in [0.717, 1.165) is 56.9 Å². The van der Waals surface area contributed by atoms with Gasteiger partial charge in [-0.3, -0.25) is 0 Å². The van der Waals surface area contributed by atoms with E-state index in [4.69, 9.17) is 13.3 Å². The van der Waals surface area contributed by atoms with Crippen molar-refractivity contribution >= 4 is 24.7 Å². The Morgan fingerprint density at radius 2 is 0.521 bits per heavy atom. The zero-order valence-corrected chi connectivity index (χ0v) is 36.0. The minimum absolute atomic E-state index is 0.814. The van der Waals surface area contributed by atoms with Crippen LogP contribution in [0.4, 0.5) is 0 Å². The molecule has 0 saturated heterocycles. The van der Waals surface area contributed by atoms with Gasteiger partial charge < -0.3 is 13.3 Å². The molecule has 0 rings (SSSR count). The topological polar surface area (TPSA) is 27.7 Å². The van der Waals surface area contributed by atoms with Crippen molar-refractivity contribution < 1.29 is 13.3 Å². The molecule has 0 aliphatic heterocycles. The van der Waals surface area contributed by atoms with Gasteiger partial charge in [-0.2, -0.15) is 0 Å². The third-order valence-electron chi connectivity index (χ3n) is 10.1. The lowest BCUT2D eigenvalue weighted by molar-refractivity contribution is 0.0547. The molecule has 0 amide bonds. The van der Waals surface area contributed by atoms with E-state index in [2.05, 4.69) is 36.7 Å². The number of hydrogen-bond donors (Lipinski definition) is 0. The highest BCUT2D eigenvalue weighted by Crippen LogP contribution is 2.23. The van der Waals surface area contributed by atoms with Crippen LogP contribution in [0.3, 0.4) is 0 Å². The molecular formula is C43H89BrO3Si. The first-order valence-corrected chi connectivity index (χ1v) is 25.3. The smallest absolute Gasteiger partial charge is 0.373 e. The quantitative estimate of drug-likeness (QED) is 0.0352. The lowest BCUT2D eigenvalue weighted by Gasteiger charge is -2.30. The van der Waals surface area contributed by atoms with Crippen LogP contribution in [0.15, 0.2) is 0 Å². The van der Waals surface area contributed by atoms with Crippen molar-refractivity contribution in [3.8, 4) is 0 Å². The number of rotatable bonds is 43. The largest absolute Gasteiger partial charge is 0.500 e. The Balaban J connectivity index is 4.54. The van der Waals surface area contributed by atoms with Crippen molar-refractivity contribution in [1.82, 2.24) is 0 Å². The van der Waals surface area contributed by atoms with E-state index < -0.39 is 8.80 Å². The van der Waals surface area contributed by atoms with E-state index in [1.165, 1.54) is 199 Å². The Morgan fingerprint density at radius 3 is 0.750 bits per heavy atom. The Kier molecular flexibility index (Phi) is 42.5. The molecule has 0 aliphatic rings. The van der Waals surface area contributed by atoms with E-state index in [-0.39, 0.29) is 0 Å². The van der Waals surface area contributed by atoms with Gasteiger partial charge in [0.1, 0.15) is 0 Å². The maximum Gasteiger partial charge on any atom is 0.500 e. The molecule has 3 nitrogen and oxygen atoms in total. The first-order valence-electron chi connectivity index (χ1n) is 22.2. The minimum atomic E-state index is -2.65. The van der Waals surface area contributed by atoms with Gasteiger partial charge >= 0.3 is 8.80 Å². The number of hydrogen-bond acceptors (Lipinski definition) is 3. The maximum atomic E-state index is 6.74. The fourth-order valence-electron chi connectivity index (χ4n) is 6.76. The zero-order valence-electron chi connectivity index (χ0n) is 33.4. The highest BCUT2D eigenvalue weighted by atomic mass is 79.9. The van der Waals surface area contributed by atoms with Crippen LogP contribution in [0.1, 0.15) is 245 Å². The van der Waals surface area contributed by atoms with Crippen LogP contribution in [0.25, 0.3) is 0 Å². The molecule has 0 aromatic carbocycles. The van der Waals surface area contributed by atoms with E-state index in [9.17, 15) is 0 Å². The molecule has 48 heavy (non-hydrogen) atoms. The first-order chi connectivity index (χ1) is 23.7. The molecule has 5 heteroatoms. The monoisotopic (exact) mass is 761 g/mol. The molecule has 0 saturated carbocycles. The summed E-state index contributed by atoms with van der Waals surface area (Å²) < 4.78 is 20.2. The molecule has 0 aliphatic carbocycles. The molecule has 0 radical (unpaired) electrons. The Labute approximate surface area is 313 Å². The summed E-state index contributed by atoms with van der Waals surface area (Å²) in [7, 11) is -2.65. The molecule has 0 spiro atoms. The van der Waals surface area contributed by atoms with Crippen LogP contribution in [0, 0.1) is 0 Å². The van der Waals surface area contributed by atoms with Gasteiger partial charge in [0.25, 0.3) is 0 Å². The predicted octanol–water partition coefficient (Wildman–Crippen LogP) is 16.1. The van der Waals surface area contributed by atoms with Gasteiger partial charge in [-0.15, -0.1) is 0 Å². The van der Waals surface area contributed by atoms with Crippen molar-refractivity contribution in [1.29, 1.82) is 0 Å². The molecular weight excluding hydrogens is 672 g/mol. The van der Waals surface area contributed by atoms with Crippen LogP contribution in [-0.4, -0.2) is 34.0 Å². The third kappa shape index (κ3) is 36.4. The molecule has 0 bridgehead atoms. The normalized spacial score (nSPS) is 12.0. The van der Waals surface area contributed by atoms with Gasteiger partial charge in [-0.1, -0.05) is 229 Å². The zero-order chi connectivity index (χ0) is 34.9. The second kappa shape index (κ2) is 42.0. The predicted molar refractivity (Wildman–Crippen MR) is 221 cm³/mol. The lowest BCUT2D eigenvalue weighted by atomic mass is 10.1. The number of halogens is 1. The van der Waals surface area contributed by atoms with Gasteiger partial charge in [-0.05, 0) is 32.1 Å². The summed E-state index contributed by atoms with van der Waals surface area (Å²) in [5, 5.41) is 1.05. The fraction of sp³-hybridized carbons (Fsp3) is 1.00. The highest BCUT2D eigenvalue weighted by molar-refractivity contribution is 9.09. The molecule has 0 aromatic heterocycles. The number of alkyl halides is 1. The average molecular weight is 762 g/mol. The Hall–Kier alpha value is 0.577. The summed E-state index contributed by atoms with van der Waals surface area (Å²) in [6, 6.07) is 0.979. The Bertz CT molecular complexity index is 509. The van der Waals surface area contributed by atoms with Gasteiger partial charge in [0.05, 0.1) is 0 Å². The summed E-state index contributed by atoms with van der Waals surface area (Å²) in [6.07, 6.45) is 47.3. The van der Waals surface area contributed by atoms with E-state index >= 15 is 0 Å². The number of unbranched alkanes of at least 4 members (excludes halogenated alkanes) is 31. The van der Waals surface area contributed by atoms with Crippen molar-refractivity contribution in [2.75, 3.05) is 25.2 Å². The van der Waals surface area contributed by atoms with E-state index in [1.807, 2.05) is 0 Å². The highest BCUT2D eigenvalue weighted by Gasteiger charge is 2.40. The van der Waals surface area contributed by atoms with Crippen molar-refractivity contribution in [3.63, 3.8) is 0 Å². The standard InChI is InChI=1S/C43H89BrO3Si/c1-4-7-10-13-16-19-22-25-28-31-35-40-45-48(43-38-34-39-44,46-41-36-32-29-26-23-20-17-14-11-8-5-2)47-42-37-33-30-27-24-21-18-15-12-9-6-3/h4-43H2,1-3H3. The first kappa shape index (κ1) is 48.6. The SMILES string of the molecule is CCCCCCCCCCCCCO[Si](CCCCBr)(OCCCCCCCCCCCCC)OCCCCCCCCCCCCC. The van der Waals surface area contributed by atoms with Crippen LogP contribution in [0.5, 0.6) is 0 Å². The molecule has 0 unspecified atom stereocenters. The summed E-state index contributed by atoms with van der Waals surface area (Å²) in [4.78, 5) is 0. The van der Waals surface area contributed by atoms with Crippen molar-refractivity contribution in [3.05, 3.63) is 0 Å². The maximum absolute atomic E-state index is 6.74. The molecule has 0 N–H and O–H groups in total. The van der Waals surface area contributed by atoms with Gasteiger partial charge in [0, 0.05) is 31.2 Å². The van der Waals surface area contributed by atoms with Crippen molar-refractivity contribution in [2.24, 2.45) is 0 Å². The third-order valence-corrected chi connectivity index (χ3v) is 13.5. The van der Waals surface area contributed by atoms with Gasteiger partial charge in [-0.25, -0.2) is 0 Å². The van der Waals surface area contributed by atoms with Crippen LogP contribution >= 0.6 is 15.9 Å². The lowest BCUT2D eigenvalue weighted by Crippen LogP contribution is -2.46. The molecule has 0 atom stereocenters. The summed E-state index contributed by atoms with van der Waals surface area (Å²) in [5.41, 5.74) is 0. The second-order valence-electron chi connectivity index (χ2n) is 15.0. The summed E-state index contributed by atoms with van der Waals surface area (Å²) in [6.45, 7) is 9.35. The Morgan fingerprint density at radius 1 is 0.292 bits per heavy atom. The summed E-state index contributed by atoms with van der Waals surface area (Å²) in [5.74, 6) is 0. The molecule has 290 valence electrons. The van der Waals surface area contributed by atoms with Crippen molar-refractivity contribution in [2.45, 2.75) is 252 Å². The van der Waals surface area contributed by atoms with Crippen LogP contribution in [-0.2, 0) is 13.3 Å². The fourth-order valence-corrected chi connectivity index (χ4v) is 9.89. The minimum Gasteiger partial charge on any atom is -0.373 e. The summed E-state index contributed by atoms with van der Waals surface area (Å²) >= 11 is 3.65. The van der Waals surface area contributed by atoms with E-state index in [0.29, 0.717) is 0 Å². The van der Waals surface area contributed by atoms with Crippen LogP contribution < -0.4 is 0 Å². The molecule has 0 fully saturated rings. The van der Waals surface area contributed by atoms with Gasteiger partial charge in [0.2, 0.25) is 0 Å². The average Bonchev–Trinajstić information content (AvgIpc) is 3.09. The van der Waals surface area contributed by atoms with Crippen LogP contribution in [0.2, 0.25) is 6.04 Å².